The van der Waals surface area contributed by atoms with Gasteiger partial charge in [0.1, 0.15) is 17.8 Å². The van der Waals surface area contributed by atoms with Crippen LogP contribution < -0.4 is 10.6 Å². The highest BCUT2D eigenvalue weighted by molar-refractivity contribution is 6.03. The van der Waals surface area contributed by atoms with Crippen LogP contribution in [0.1, 0.15) is 61.0 Å². The van der Waals surface area contributed by atoms with E-state index >= 15 is 0 Å². The van der Waals surface area contributed by atoms with Crippen molar-refractivity contribution in [2.45, 2.75) is 57.9 Å². The molecule has 4 rings (SSSR count). The zero-order chi connectivity index (χ0) is 18.6. The molecule has 2 saturated carbocycles. The van der Waals surface area contributed by atoms with Crippen LogP contribution in [0.25, 0.3) is 0 Å². The van der Waals surface area contributed by atoms with Gasteiger partial charge in [-0.1, -0.05) is 37.5 Å². The average Bonchev–Trinajstić information content (AvgIpc) is 3.54. The molecule has 1 heterocycles. The van der Waals surface area contributed by atoms with Crippen LogP contribution in [0.3, 0.4) is 0 Å². The highest BCUT2D eigenvalue weighted by Gasteiger charge is 2.37. The van der Waals surface area contributed by atoms with Crippen molar-refractivity contribution in [2.24, 2.45) is 11.8 Å². The normalized spacial score (nSPS) is 18.7. The van der Waals surface area contributed by atoms with Gasteiger partial charge >= 0.3 is 0 Å². The summed E-state index contributed by atoms with van der Waals surface area (Å²) < 4.78 is 0. The van der Waals surface area contributed by atoms with Crippen LogP contribution in [0, 0.1) is 18.8 Å². The highest BCUT2D eigenvalue weighted by Crippen LogP contribution is 2.41. The number of rotatable bonds is 6. The smallest absolute Gasteiger partial charge is 0.274 e. The van der Waals surface area contributed by atoms with Gasteiger partial charge in [-0.3, -0.25) is 4.79 Å². The van der Waals surface area contributed by atoms with Crippen LogP contribution in [0.4, 0.5) is 11.5 Å². The van der Waals surface area contributed by atoms with Crippen molar-refractivity contribution in [2.75, 3.05) is 10.6 Å². The summed E-state index contributed by atoms with van der Waals surface area (Å²) >= 11 is 0. The van der Waals surface area contributed by atoms with Gasteiger partial charge < -0.3 is 10.6 Å². The number of hydrogen-bond donors (Lipinski definition) is 2. The summed E-state index contributed by atoms with van der Waals surface area (Å²) in [4.78, 5) is 21.2. The first kappa shape index (κ1) is 18.0. The maximum atomic E-state index is 12.6. The Hall–Kier alpha value is -2.43. The monoisotopic (exact) mass is 364 g/mol. The van der Waals surface area contributed by atoms with Crippen LogP contribution in [0.5, 0.6) is 0 Å². The summed E-state index contributed by atoms with van der Waals surface area (Å²) in [5.74, 6) is 2.05. The predicted octanol–water partition coefficient (Wildman–Crippen LogP) is 4.81. The molecule has 5 heteroatoms. The molecule has 0 radical (unpaired) electrons. The van der Waals surface area contributed by atoms with Crippen LogP contribution in [-0.4, -0.2) is 21.9 Å². The lowest BCUT2D eigenvalue weighted by Crippen LogP contribution is -2.33. The van der Waals surface area contributed by atoms with Gasteiger partial charge in [-0.15, -0.1) is 0 Å². The SMILES string of the molecule is Cc1ccccc1NC(=O)c1cc(NC(C2CCCCC2)C2CC2)ncn1. The first-order valence-electron chi connectivity index (χ1n) is 10.2. The molecular weight excluding hydrogens is 336 g/mol. The minimum absolute atomic E-state index is 0.199. The number of anilines is 2. The van der Waals surface area contributed by atoms with Gasteiger partial charge in [0.25, 0.3) is 5.91 Å². The van der Waals surface area contributed by atoms with E-state index < -0.39 is 0 Å². The molecule has 2 N–H and O–H groups in total. The lowest BCUT2D eigenvalue weighted by molar-refractivity contribution is 0.102. The largest absolute Gasteiger partial charge is 0.367 e. The maximum Gasteiger partial charge on any atom is 0.274 e. The Morgan fingerprint density at radius 2 is 1.78 bits per heavy atom. The Balaban J connectivity index is 1.46. The highest BCUT2D eigenvalue weighted by atomic mass is 16.1. The van der Waals surface area contributed by atoms with E-state index in [9.17, 15) is 4.79 Å². The van der Waals surface area contributed by atoms with Crippen molar-refractivity contribution in [3.63, 3.8) is 0 Å². The average molecular weight is 364 g/mol. The third-order valence-corrected chi connectivity index (χ3v) is 5.90. The second-order valence-corrected chi connectivity index (χ2v) is 7.96. The number of para-hydroxylation sites is 1. The van der Waals surface area contributed by atoms with E-state index in [4.69, 9.17) is 0 Å². The maximum absolute atomic E-state index is 12.6. The van der Waals surface area contributed by atoms with Crippen LogP contribution in [0.15, 0.2) is 36.7 Å². The minimum Gasteiger partial charge on any atom is -0.367 e. The molecule has 0 spiro atoms. The molecule has 1 aromatic heterocycles. The van der Waals surface area contributed by atoms with Gasteiger partial charge in [0.15, 0.2) is 0 Å². The molecule has 2 fully saturated rings. The van der Waals surface area contributed by atoms with Crippen molar-refractivity contribution in [3.8, 4) is 0 Å². The third kappa shape index (κ3) is 4.46. The molecule has 0 bridgehead atoms. The minimum atomic E-state index is -0.199. The zero-order valence-electron chi connectivity index (χ0n) is 15.9. The van der Waals surface area contributed by atoms with Crippen molar-refractivity contribution < 1.29 is 4.79 Å². The lowest BCUT2D eigenvalue weighted by atomic mass is 9.82. The number of nitrogens with one attached hydrogen (secondary N) is 2. The quantitative estimate of drug-likeness (QED) is 0.772. The molecule has 1 amide bonds. The summed E-state index contributed by atoms with van der Waals surface area (Å²) in [6.07, 6.45) is 10.7. The van der Waals surface area contributed by atoms with E-state index in [1.807, 2.05) is 31.2 Å². The Morgan fingerprint density at radius 3 is 2.52 bits per heavy atom. The number of amides is 1. The predicted molar refractivity (Wildman–Crippen MR) is 108 cm³/mol. The number of aromatic nitrogens is 2. The second kappa shape index (κ2) is 8.07. The Labute approximate surface area is 161 Å². The molecule has 142 valence electrons. The summed E-state index contributed by atoms with van der Waals surface area (Å²) in [5.41, 5.74) is 2.24. The van der Waals surface area contributed by atoms with Crippen molar-refractivity contribution in [1.29, 1.82) is 0 Å². The molecule has 0 saturated heterocycles. The fourth-order valence-electron chi connectivity index (χ4n) is 4.20. The van der Waals surface area contributed by atoms with Gasteiger partial charge in [0.05, 0.1) is 0 Å². The Kier molecular flexibility index (Phi) is 5.37. The van der Waals surface area contributed by atoms with E-state index in [-0.39, 0.29) is 5.91 Å². The van der Waals surface area contributed by atoms with E-state index in [0.717, 1.165) is 28.9 Å². The summed E-state index contributed by atoms with van der Waals surface area (Å²) in [6.45, 7) is 1.98. The number of carbonyl (C=O) groups excluding carboxylic acids is 1. The Morgan fingerprint density at radius 1 is 1.04 bits per heavy atom. The van der Waals surface area contributed by atoms with Gasteiger partial charge in [-0.25, -0.2) is 9.97 Å². The van der Waals surface area contributed by atoms with E-state index in [0.29, 0.717) is 11.7 Å². The number of nitrogens with zero attached hydrogens (tertiary/aromatic N) is 2. The van der Waals surface area contributed by atoms with Gasteiger partial charge in [0.2, 0.25) is 0 Å². The molecule has 0 aliphatic heterocycles. The van der Waals surface area contributed by atoms with Crippen molar-refractivity contribution in [1.82, 2.24) is 9.97 Å². The molecule has 1 atom stereocenters. The fourth-order valence-corrected chi connectivity index (χ4v) is 4.20. The molecule has 1 unspecified atom stereocenters. The Bertz CT molecular complexity index is 796. The molecule has 1 aromatic carbocycles. The number of aryl methyl sites for hydroxylation is 1. The van der Waals surface area contributed by atoms with Gasteiger partial charge in [-0.2, -0.15) is 0 Å². The summed E-state index contributed by atoms with van der Waals surface area (Å²) in [7, 11) is 0. The number of hydrogen-bond acceptors (Lipinski definition) is 4. The van der Waals surface area contributed by atoms with E-state index in [1.165, 1.54) is 51.3 Å². The fraction of sp³-hybridized carbons (Fsp3) is 0.500. The van der Waals surface area contributed by atoms with E-state index in [1.54, 1.807) is 6.07 Å². The zero-order valence-corrected chi connectivity index (χ0v) is 15.9. The first-order valence-corrected chi connectivity index (χ1v) is 10.2. The van der Waals surface area contributed by atoms with Gasteiger partial charge in [0, 0.05) is 17.8 Å². The lowest BCUT2D eigenvalue weighted by Gasteiger charge is -2.31. The second-order valence-electron chi connectivity index (χ2n) is 7.96. The summed E-state index contributed by atoms with van der Waals surface area (Å²) in [6, 6.07) is 10.0. The van der Waals surface area contributed by atoms with Crippen LogP contribution >= 0.6 is 0 Å². The molecular formula is C22H28N4O. The molecule has 5 nitrogen and oxygen atoms in total. The molecule has 2 aliphatic carbocycles. The number of benzene rings is 1. The van der Waals surface area contributed by atoms with Crippen LogP contribution in [-0.2, 0) is 0 Å². The molecule has 2 aliphatic rings. The van der Waals surface area contributed by atoms with Gasteiger partial charge in [-0.05, 0) is 56.1 Å². The number of carbonyl (C=O) groups is 1. The standard InChI is InChI=1S/C22H28N4O/c1-15-7-5-6-10-18(15)25-22(27)19-13-20(24-14-23-19)26-21(17-11-12-17)16-8-3-2-4-9-16/h5-7,10,13-14,16-17,21H,2-4,8-9,11-12H2,1H3,(H,25,27)(H,23,24,26). The van der Waals surface area contributed by atoms with Crippen LogP contribution in [0.2, 0.25) is 0 Å². The van der Waals surface area contributed by atoms with Crippen molar-refractivity contribution >= 4 is 17.4 Å². The molecule has 27 heavy (non-hydrogen) atoms. The first-order chi connectivity index (χ1) is 13.2. The van der Waals surface area contributed by atoms with Crippen molar-refractivity contribution in [3.05, 3.63) is 47.9 Å². The third-order valence-electron chi connectivity index (χ3n) is 5.90. The van der Waals surface area contributed by atoms with E-state index in [2.05, 4.69) is 20.6 Å². The summed E-state index contributed by atoms with van der Waals surface area (Å²) in [5, 5.41) is 6.60. The molecule has 2 aromatic rings. The topological polar surface area (TPSA) is 66.9 Å².